The molecule has 2 amide bonds. The number of hydrogen-bond acceptors (Lipinski definition) is 6. The van der Waals surface area contributed by atoms with Gasteiger partial charge in [-0.15, -0.1) is 0 Å². The molecule has 27 heavy (non-hydrogen) atoms. The maximum atomic E-state index is 12.8. The van der Waals surface area contributed by atoms with Gasteiger partial charge in [0.15, 0.2) is 5.71 Å². The van der Waals surface area contributed by atoms with E-state index in [-0.39, 0.29) is 12.3 Å². The molecule has 2 aliphatic heterocycles. The van der Waals surface area contributed by atoms with Gasteiger partial charge in [0.05, 0.1) is 5.69 Å². The van der Waals surface area contributed by atoms with Crippen LogP contribution in [0.1, 0.15) is 5.56 Å². The Bertz CT molecular complexity index is 960. The average Bonchev–Trinajstić information content (AvgIpc) is 3.21. The first kappa shape index (κ1) is 17.2. The van der Waals surface area contributed by atoms with Gasteiger partial charge in [-0.3, -0.25) is 15.0 Å². The number of imide groups is 1. The average molecular weight is 384 g/mol. The van der Waals surface area contributed by atoms with Crippen molar-refractivity contribution in [2.75, 3.05) is 4.90 Å². The van der Waals surface area contributed by atoms with Crippen molar-refractivity contribution >= 4 is 40.8 Å². The molecule has 136 valence electrons. The summed E-state index contributed by atoms with van der Waals surface area (Å²) in [6, 6.07) is 14.6. The van der Waals surface area contributed by atoms with Crippen molar-refractivity contribution < 1.29 is 19.1 Å². The van der Waals surface area contributed by atoms with Crippen molar-refractivity contribution in [1.82, 2.24) is 5.43 Å². The molecule has 1 N–H and O–H groups in total. The minimum Gasteiger partial charge on any atom is -0.456 e. The molecule has 4 rings (SSSR count). The van der Waals surface area contributed by atoms with Gasteiger partial charge < -0.3 is 4.74 Å². The van der Waals surface area contributed by atoms with E-state index in [4.69, 9.17) is 16.3 Å². The summed E-state index contributed by atoms with van der Waals surface area (Å²) in [4.78, 5) is 38.9. The van der Waals surface area contributed by atoms with Crippen molar-refractivity contribution in [1.29, 1.82) is 0 Å². The Kier molecular flexibility index (Phi) is 4.37. The summed E-state index contributed by atoms with van der Waals surface area (Å²) in [6.07, 6.45) is 0. The number of benzene rings is 2. The summed E-state index contributed by atoms with van der Waals surface area (Å²) in [7, 11) is 0. The number of amides is 2. The van der Waals surface area contributed by atoms with E-state index in [0.29, 0.717) is 10.7 Å². The Morgan fingerprint density at radius 3 is 2.63 bits per heavy atom. The predicted molar refractivity (Wildman–Crippen MR) is 98.0 cm³/mol. The van der Waals surface area contributed by atoms with Gasteiger partial charge in [0.2, 0.25) is 5.91 Å². The highest BCUT2D eigenvalue weighted by atomic mass is 35.5. The molecule has 2 aromatic rings. The van der Waals surface area contributed by atoms with Crippen LogP contribution in [0.25, 0.3) is 0 Å². The lowest BCUT2D eigenvalue weighted by atomic mass is 9.99. The summed E-state index contributed by atoms with van der Waals surface area (Å²) in [5.41, 5.74) is 3.65. The minimum absolute atomic E-state index is 0.0518. The van der Waals surface area contributed by atoms with Crippen LogP contribution in [0.5, 0.6) is 0 Å². The highest BCUT2D eigenvalue weighted by Gasteiger charge is 2.55. The molecule has 2 aliphatic rings. The third-order valence-electron chi connectivity index (χ3n) is 4.41. The number of fused-ring (bicyclic) bond motifs is 1. The molecule has 0 unspecified atom stereocenters. The Balaban J connectivity index is 1.52. The van der Waals surface area contributed by atoms with Crippen molar-refractivity contribution in [3.63, 3.8) is 0 Å². The SMILES string of the molecule is O=C(OCc1ccccc1)C1=NN[C@@H]2C(=O)N(c3cccc(Cl)c3)C(=O)[C@@H]12. The molecule has 1 saturated heterocycles. The van der Waals surface area contributed by atoms with E-state index in [1.807, 2.05) is 30.3 Å². The number of anilines is 1. The second-order valence-corrected chi connectivity index (χ2v) is 6.57. The minimum atomic E-state index is -1.01. The molecule has 0 radical (unpaired) electrons. The van der Waals surface area contributed by atoms with Gasteiger partial charge in [0, 0.05) is 5.02 Å². The van der Waals surface area contributed by atoms with Crippen LogP contribution in [-0.2, 0) is 25.7 Å². The van der Waals surface area contributed by atoms with E-state index < -0.39 is 29.7 Å². The standard InChI is InChI=1S/C19H14ClN3O4/c20-12-7-4-8-13(9-12)23-17(24)14-15(18(23)25)21-22-16(14)19(26)27-10-11-5-2-1-3-6-11/h1-9,14-15,21H,10H2/t14-,15+/m1/s1. The number of hydrazone groups is 1. The lowest BCUT2D eigenvalue weighted by molar-refractivity contribution is -0.137. The number of nitrogens with zero attached hydrogens (tertiary/aromatic N) is 2. The first-order valence-corrected chi connectivity index (χ1v) is 8.61. The van der Waals surface area contributed by atoms with E-state index in [1.165, 1.54) is 6.07 Å². The van der Waals surface area contributed by atoms with Gasteiger partial charge in [-0.1, -0.05) is 48.0 Å². The van der Waals surface area contributed by atoms with Gasteiger partial charge >= 0.3 is 5.97 Å². The van der Waals surface area contributed by atoms with E-state index in [9.17, 15) is 14.4 Å². The molecular weight excluding hydrogens is 370 g/mol. The van der Waals surface area contributed by atoms with Crippen LogP contribution in [0.3, 0.4) is 0 Å². The number of halogens is 1. The summed E-state index contributed by atoms with van der Waals surface area (Å²) in [5, 5.41) is 4.27. The molecule has 8 heteroatoms. The number of ether oxygens (including phenoxy) is 1. The fraction of sp³-hybridized carbons (Fsp3) is 0.158. The number of nitrogens with one attached hydrogen (secondary N) is 1. The number of carbonyl (C=O) groups excluding carboxylic acids is 3. The van der Waals surface area contributed by atoms with Crippen LogP contribution in [0.15, 0.2) is 59.7 Å². The third kappa shape index (κ3) is 3.06. The van der Waals surface area contributed by atoms with Crippen LogP contribution in [-0.4, -0.2) is 29.5 Å². The van der Waals surface area contributed by atoms with Crippen molar-refractivity contribution in [2.45, 2.75) is 12.6 Å². The zero-order valence-electron chi connectivity index (χ0n) is 14.0. The van der Waals surface area contributed by atoms with Crippen molar-refractivity contribution in [3.05, 3.63) is 65.2 Å². The molecule has 0 spiro atoms. The zero-order chi connectivity index (χ0) is 19.0. The number of rotatable bonds is 4. The molecule has 7 nitrogen and oxygen atoms in total. The van der Waals surface area contributed by atoms with Crippen LogP contribution >= 0.6 is 11.6 Å². The van der Waals surface area contributed by atoms with Crippen LogP contribution in [0.4, 0.5) is 5.69 Å². The second-order valence-electron chi connectivity index (χ2n) is 6.13. The van der Waals surface area contributed by atoms with Crippen LogP contribution in [0.2, 0.25) is 5.02 Å². The van der Waals surface area contributed by atoms with E-state index in [0.717, 1.165) is 10.5 Å². The lowest BCUT2D eigenvalue weighted by Gasteiger charge is -2.15. The molecule has 2 heterocycles. The van der Waals surface area contributed by atoms with Crippen LogP contribution < -0.4 is 10.3 Å². The zero-order valence-corrected chi connectivity index (χ0v) is 14.7. The highest BCUT2D eigenvalue weighted by Crippen LogP contribution is 2.32. The molecule has 0 bridgehead atoms. The van der Waals surface area contributed by atoms with Gasteiger partial charge in [-0.25, -0.2) is 9.69 Å². The number of esters is 1. The van der Waals surface area contributed by atoms with E-state index in [2.05, 4.69) is 10.5 Å². The van der Waals surface area contributed by atoms with E-state index >= 15 is 0 Å². The summed E-state index contributed by atoms with van der Waals surface area (Å²) in [5.74, 6) is -2.76. The first-order chi connectivity index (χ1) is 13.1. The molecule has 1 fully saturated rings. The monoisotopic (exact) mass is 383 g/mol. The van der Waals surface area contributed by atoms with Crippen molar-refractivity contribution in [3.8, 4) is 0 Å². The Hall–Kier alpha value is -3.19. The maximum Gasteiger partial charge on any atom is 0.355 e. The predicted octanol–water partition coefficient (Wildman–Crippen LogP) is 1.90. The smallest absolute Gasteiger partial charge is 0.355 e. The summed E-state index contributed by atoms with van der Waals surface area (Å²) < 4.78 is 5.25. The number of carbonyl (C=O) groups is 3. The van der Waals surface area contributed by atoms with Gasteiger partial charge in [0.25, 0.3) is 5.91 Å². The first-order valence-electron chi connectivity index (χ1n) is 8.24. The largest absolute Gasteiger partial charge is 0.456 e. The maximum absolute atomic E-state index is 12.8. The molecular formula is C19H14ClN3O4. The van der Waals surface area contributed by atoms with Gasteiger partial charge in [0.1, 0.15) is 18.6 Å². The second kappa shape index (κ2) is 6.85. The Morgan fingerprint density at radius 2 is 1.89 bits per heavy atom. The lowest BCUT2D eigenvalue weighted by Crippen LogP contribution is -2.36. The molecule has 0 saturated carbocycles. The fourth-order valence-corrected chi connectivity index (χ4v) is 3.31. The number of hydrogen-bond donors (Lipinski definition) is 1. The quantitative estimate of drug-likeness (QED) is 0.643. The molecule has 0 aliphatic carbocycles. The third-order valence-corrected chi connectivity index (χ3v) is 4.65. The summed E-state index contributed by atoms with van der Waals surface area (Å²) >= 11 is 5.96. The van der Waals surface area contributed by atoms with Gasteiger partial charge in [-0.2, -0.15) is 5.10 Å². The Labute approximate surface area is 159 Å². The molecule has 0 aromatic heterocycles. The van der Waals surface area contributed by atoms with Crippen molar-refractivity contribution in [2.24, 2.45) is 11.0 Å². The van der Waals surface area contributed by atoms with Gasteiger partial charge in [-0.05, 0) is 23.8 Å². The topological polar surface area (TPSA) is 88.1 Å². The van der Waals surface area contributed by atoms with Crippen LogP contribution in [0, 0.1) is 5.92 Å². The molecule has 2 aromatic carbocycles. The normalized spacial score (nSPS) is 20.9. The Morgan fingerprint density at radius 1 is 1.11 bits per heavy atom. The fourth-order valence-electron chi connectivity index (χ4n) is 3.12. The molecule has 2 atom stereocenters. The van der Waals surface area contributed by atoms with E-state index in [1.54, 1.807) is 18.2 Å². The highest BCUT2D eigenvalue weighted by molar-refractivity contribution is 6.46. The summed E-state index contributed by atoms with van der Waals surface area (Å²) in [6.45, 7) is 0.0518.